The Hall–Kier alpha value is -3.39. The van der Waals surface area contributed by atoms with Gasteiger partial charge < -0.3 is 10.3 Å². The number of alkyl halides is 3. The standard InChI is InChI=1S/C27H28F3N3O2/c28-27(29,30)24-9-5-4-8-21(24)17-31-25(34)23-11-10-22(32-26(23)35)18-33-14-12-20(13-15-33)16-19-6-2-1-3-7-19/h1-11,20H,12-18H2,(H,31,34)(H,32,35). The number of hydrogen-bond acceptors (Lipinski definition) is 3. The van der Waals surface area contributed by atoms with Crippen LogP contribution in [0.1, 0.15) is 45.6 Å². The first-order chi connectivity index (χ1) is 16.8. The highest BCUT2D eigenvalue weighted by Crippen LogP contribution is 2.31. The van der Waals surface area contributed by atoms with Gasteiger partial charge in [0.05, 0.1) is 5.56 Å². The quantitative estimate of drug-likeness (QED) is 0.509. The number of nitrogens with zero attached hydrogens (tertiary/aromatic N) is 1. The highest BCUT2D eigenvalue weighted by atomic mass is 19.4. The van der Waals surface area contributed by atoms with Crippen LogP contribution in [0.2, 0.25) is 0 Å². The fourth-order valence-corrected chi connectivity index (χ4v) is 4.54. The molecule has 2 N–H and O–H groups in total. The molecule has 1 amide bonds. The molecule has 184 valence electrons. The van der Waals surface area contributed by atoms with Crippen molar-refractivity contribution in [2.45, 2.75) is 38.5 Å². The van der Waals surface area contributed by atoms with E-state index < -0.39 is 23.2 Å². The average Bonchev–Trinajstić information content (AvgIpc) is 2.84. The monoisotopic (exact) mass is 483 g/mol. The Morgan fingerprint density at radius 3 is 2.34 bits per heavy atom. The summed E-state index contributed by atoms with van der Waals surface area (Å²) in [5.74, 6) is -0.0715. The average molecular weight is 484 g/mol. The highest BCUT2D eigenvalue weighted by Gasteiger charge is 2.32. The first kappa shape index (κ1) is 24.7. The Bertz CT molecular complexity index is 1200. The van der Waals surface area contributed by atoms with Crippen molar-refractivity contribution in [3.63, 3.8) is 0 Å². The summed E-state index contributed by atoms with van der Waals surface area (Å²) in [6.07, 6.45) is -1.28. The Balaban J connectivity index is 1.30. The van der Waals surface area contributed by atoms with Crippen molar-refractivity contribution in [2.75, 3.05) is 13.1 Å². The molecule has 0 unspecified atom stereocenters. The van der Waals surface area contributed by atoms with Crippen molar-refractivity contribution in [3.05, 3.63) is 105 Å². The second kappa shape index (κ2) is 10.9. The number of aromatic amines is 1. The predicted octanol–water partition coefficient (Wildman–Crippen LogP) is 4.78. The van der Waals surface area contributed by atoms with Crippen molar-refractivity contribution < 1.29 is 18.0 Å². The molecule has 3 aromatic rings. The summed E-state index contributed by atoms with van der Waals surface area (Å²) in [7, 11) is 0. The molecule has 1 fully saturated rings. The number of amides is 1. The lowest BCUT2D eigenvalue weighted by Crippen LogP contribution is -2.35. The number of likely N-dealkylation sites (tertiary alicyclic amines) is 1. The zero-order chi connectivity index (χ0) is 24.8. The van der Waals surface area contributed by atoms with Gasteiger partial charge in [0.2, 0.25) is 0 Å². The van der Waals surface area contributed by atoms with Gasteiger partial charge in [-0.05, 0) is 67.6 Å². The van der Waals surface area contributed by atoms with Crippen LogP contribution in [0, 0.1) is 5.92 Å². The molecule has 0 bridgehead atoms. The van der Waals surface area contributed by atoms with Crippen LogP contribution in [0.5, 0.6) is 0 Å². The molecule has 2 aromatic carbocycles. The topological polar surface area (TPSA) is 65.2 Å². The van der Waals surface area contributed by atoms with E-state index in [9.17, 15) is 22.8 Å². The van der Waals surface area contributed by atoms with Gasteiger partial charge in [-0.2, -0.15) is 13.2 Å². The van der Waals surface area contributed by atoms with Gasteiger partial charge in [0.25, 0.3) is 11.5 Å². The predicted molar refractivity (Wildman–Crippen MR) is 128 cm³/mol. The van der Waals surface area contributed by atoms with Gasteiger partial charge in [0.1, 0.15) is 5.56 Å². The van der Waals surface area contributed by atoms with E-state index in [0.29, 0.717) is 18.2 Å². The lowest BCUT2D eigenvalue weighted by molar-refractivity contribution is -0.138. The fraction of sp³-hybridized carbons (Fsp3) is 0.333. The molecule has 0 radical (unpaired) electrons. The Morgan fingerprint density at radius 2 is 1.66 bits per heavy atom. The summed E-state index contributed by atoms with van der Waals surface area (Å²) in [6.45, 7) is 2.11. The molecule has 1 saturated heterocycles. The summed E-state index contributed by atoms with van der Waals surface area (Å²) in [5, 5.41) is 2.42. The SMILES string of the molecule is O=C(NCc1ccccc1C(F)(F)F)c1ccc(CN2CCC(Cc3ccccc3)CC2)[nH]c1=O. The number of aromatic nitrogens is 1. The largest absolute Gasteiger partial charge is 0.416 e. The summed E-state index contributed by atoms with van der Waals surface area (Å²) < 4.78 is 39.4. The minimum Gasteiger partial charge on any atom is -0.348 e. The van der Waals surface area contributed by atoms with Crippen LogP contribution in [0.25, 0.3) is 0 Å². The molecule has 8 heteroatoms. The van der Waals surface area contributed by atoms with E-state index in [1.807, 2.05) is 6.07 Å². The third kappa shape index (κ3) is 6.60. The lowest BCUT2D eigenvalue weighted by atomic mass is 9.90. The number of nitrogens with one attached hydrogen (secondary N) is 2. The molecule has 0 atom stereocenters. The first-order valence-electron chi connectivity index (χ1n) is 11.7. The molecule has 1 aliphatic rings. The highest BCUT2D eigenvalue weighted by molar-refractivity contribution is 5.93. The van der Waals surface area contributed by atoms with Gasteiger partial charge in [0, 0.05) is 18.8 Å². The van der Waals surface area contributed by atoms with Gasteiger partial charge in [-0.15, -0.1) is 0 Å². The summed E-state index contributed by atoms with van der Waals surface area (Å²) in [6, 6.07) is 18.6. The number of rotatable bonds is 7. The number of carbonyl (C=O) groups is 1. The smallest absolute Gasteiger partial charge is 0.348 e. The maximum Gasteiger partial charge on any atom is 0.416 e. The lowest BCUT2D eigenvalue weighted by Gasteiger charge is -2.32. The van der Waals surface area contributed by atoms with Crippen LogP contribution in [-0.4, -0.2) is 28.9 Å². The second-order valence-electron chi connectivity index (χ2n) is 8.97. The minimum atomic E-state index is -4.52. The van der Waals surface area contributed by atoms with Crippen LogP contribution < -0.4 is 10.9 Å². The molecule has 0 saturated carbocycles. The summed E-state index contributed by atoms with van der Waals surface area (Å²) in [4.78, 5) is 30.0. The van der Waals surface area contributed by atoms with Crippen molar-refractivity contribution >= 4 is 5.91 Å². The minimum absolute atomic E-state index is 0.0583. The van der Waals surface area contributed by atoms with E-state index in [-0.39, 0.29) is 17.7 Å². The number of pyridine rings is 1. The molecule has 0 aliphatic carbocycles. The maximum atomic E-state index is 13.1. The number of hydrogen-bond donors (Lipinski definition) is 2. The molecular formula is C27H28F3N3O2. The number of piperidine rings is 1. The van der Waals surface area contributed by atoms with Crippen LogP contribution in [0.4, 0.5) is 13.2 Å². The van der Waals surface area contributed by atoms with E-state index >= 15 is 0 Å². The van der Waals surface area contributed by atoms with Crippen LogP contribution >= 0.6 is 0 Å². The van der Waals surface area contributed by atoms with Crippen molar-refractivity contribution in [1.29, 1.82) is 0 Å². The number of carbonyl (C=O) groups excluding carboxylic acids is 1. The molecular weight excluding hydrogens is 455 g/mol. The zero-order valence-electron chi connectivity index (χ0n) is 19.3. The third-order valence-electron chi connectivity index (χ3n) is 6.44. The van der Waals surface area contributed by atoms with Crippen LogP contribution in [0.15, 0.2) is 71.5 Å². The maximum absolute atomic E-state index is 13.1. The number of benzene rings is 2. The summed E-state index contributed by atoms with van der Waals surface area (Å²) in [5.41, 5.74) is 0.513. The van der Waals surface area contributed by atoms with E-state index in [4.69, 9.17) is 0 Å². The Kier molecular flexibility index (Phi) is 7.70. The van der Waals surface area contributed by atoms with Gasteiger partial charge in [-0.25, -0.2) is 0 Å². The van der Waals surface area contributed by atoms with Crippen molar-refractivity contribution in [3.8, 4) is 0 Å². The fourth-order valence-electron chi connectivity index (χ4n) is 4.54. The third-order valence-corrected chi connectivity index (χ3v) is 6.44. The van der Waals surface area contributed by atoms with Gasteiger partial charge in [0.15, 0.2) is 0 Å². The molecule has 5 nitrogen and oxygen atoms in total. The van der Waals surface area contributed by atoms with Crippen molar-refractivity contribution in [2.24, 2.45) is 5.92 Å². The molecule has 2 heterocycles. The second-order valence-corrected chi connectivity index (χ2v) is 8.97. The molecule has 35 heavy (non-hydrogen) atoms. The molecule has 0 spiro atoms. The number of halogens is 3. The zero-order valence-corrected chi connectivity index (χ0v) is 19.3. The first-order valence-corrected chi connectivity index (χ1v) is 11.7. The van der Waals surface area contributed by atoms with Gasteiger partial charge >= 0.3 is 6.18 Å². The van der Waals surface area contributed by atoms with E-state index in [2.05, 4.69) is 39.5 Å². The van der Waals surface area contributed by atoms with Gasteiger partial charge in [-0.3, -0.25) is 14.5 Å². The van der Waals surface area contributed by atoms with Gasteiger partial charge in [-0.1, -0.05) is 48.5 Å². The summed E-state index contributed by atoms with van der Waals surface area (Å²) >= 11 is 0. The number of H-pyrrole nitrogens is 1. The normalized spacial score (nSPS) is 15.2. The van der Waals surface area contributed by atoms with Crippen molar-refractivity contribution in [1.82, 2.24) is 15.2 Å². The Morgan fingerprint density at radius 1 is 0.971 bits per heavy atom. The van der Waals surface area contributed by atoms with Crippen LogP contribution in [0.3, 0.4) is 0 Å². The van der Waals surface area contributed by atoms with E-state index in [0.717, 1.165) is 38.4 Å². The van der Waals surface area contributed by atoms with Crippen LogP contribution in [-0.2, 0) is 25.7 Å². The molecule has 1 aliphatic heterocycles. The molecule has 1 aromatic heterocycles. The van der Waals surface area contributed by atoms with E-state index in [1.165, 1.54) is 29.8 Å². The van der Waals surface area contributed by atoms with E-state index in [1.54, 1.807) is 6.07 Å². The molecule has 4 rings (SSSR count). The Labute approximate surface area is 202 Å².